The van der Waals surface area contributed by atoms with Crippen LogP contribution in [0, 0.1) is 5.92 Å². The Morgan fingerprint density at radius 1 is 1.29 bits per heavy atom. The average molecular weight is 361 g/mol. The van der Waals surface area contributed by atoms with Crippen LogP contribution in [0.3, 0.4) is 0 Å². The monoisotopic (exact) mass is 361 g/mol. The van der Waals surface area contributed by atoms with Gasteiger partial charge in [0.2, 0.25) is 5.91 Å². The van der Waals surface area contributed by atoms with Gasteiger partial charge in [-0.1, -0.05) is 6.07 Å². The molecule has 126 valence electrons. The van der Waals surface area contributed by atoms with Crippen molar-refractivity contribution in [2.24, 2.45) is 5.92 Å². The number of aromatic nitrogens is 1. The van der Waals surface area contributed by atoms with Crippen LogP contribution in [-0.4, -0.2) is 34.8 Å². The lowest BCUT2D eigenvalue weighted by molar-refractivity contribution is -0.121. The van der Waals surface area contributed by atoms with Crippen LogP contribution in [0.2, 0.25) is 0 Å². The fraction of sp³-hybridized carbons (Fsp3) is 0.471. The number of hydrogen-bond donors (Lipinski definition) is 1. The molecule has 0 aromatic carbocycles. The molecular weight excluding hydrogens is 342 g/mol. The number of nitrogens with zero attached hydrogens (tertiary/aromatic N) is 2. The molecule has 1 aliphatic heterocycles. The molecule has 1 atom stereocenters. The van der Waals surface area contributed by atoms with E-state index in [1.807, 2.05) is 17.5 Å². The first-order valence-electron chi connectivity index (χ1n) is 8.33. The van der Waals surface area contributed by atoms with E-state index < -0.39 is 0 Å². The Morgan fingerprint density at radius 2 is 2.21 bits per heavy atom. The van der Waals surface area contributed by atoms with Gasteiger partial charge in [-0.2, -0.15) is 0 Å². The van der Waals surface area contributed by atoms with E-state index >= 15 is 0 Å². The number of piperidine rings is 1. The molecule has 3 heterocycles. The Morgan fingerprint density at radius 3 is 3.00 bits per heavy atom. The number of anilines is 1. The molecule has 0 spiro atoms. The summed E-state index contributed by atoms with van der Waals surface area (Å²) in [4.78, 5) is 33.4. The van der Waals surface area contributed by atoms with Crippen molar-refractivity contribution in [3.05, 3.63) is 33.0 Å². The highest BCUT2D eigenvalue weighted by molar-refractivity contribution is 7.16. The molecular formula is C17H19N3O2S2. The first kappa shape index (κ1) is 15.8. The van der Waals surface area contributed by atoms with E-state index in [9.17, 15) is 9.59 Å². The van der Waals surface area contributed by atoms with Gasteiger partial charge < -0.3 is 10.2 Å². The molecule has 0 bridgehead atoms. The Balaban J connectivity index is 1.39. The molecule has 24 heavy (non-hydrogen) atoms. The van der Waals surface area contributed by atoms with Gasteiger partial charge in [-0.05, 0) is 43.6 Å². The van der Waals surface area contributed by atoms with Gasteiger partial charge in [-0.15, -0.1) is 22.7 Å². The summed E-state index contributed by atoms with van der Waals surface area (Å²) in [6.07, 6.45) is 4.96. The molecule has 7 heteroatoms. The summed E-state index contributed by atoms with van der Waals surface area (Å²) in [7, 11) is 0. The van der Waals surface area contributed by atoms with Crippen LogP contribution in [0.1, 0.15) is 39.5 Å². The SMILES string of the molecule is O=C(Nc1nc2c(s1)CCC2)[C@@H]1CCCN(C(=O)c2cccs2)C1. The summed E-state index contributed by atoms with van der Waals surface area (Å²) in [5.41, 5.74) is 1.15. The highest BCUT2D eigenvalue weighted by Gasteiger charge is 2.30. The number of carbonyl (C=O) groups is 2. The second-order valence-corrected chi connectivity index (χ2v) is 8.33. The van der Waals surface area contributed by atoms with E-state index in [0.29, 0.717) is 11.7 Å². The lowest BCUT2D eigenvalue weighted by atomic mass is 9.97. The molecule has 5 nitrogen and oxygen atoms in total. The van der Waals surface area contributed by atoms with Gasteiger partial charge in [0.1, 0.15) is 0 Å². The Labute approximate surface area is 148 Å². The third-order valence-corrected chi connectivity index (χ3v) is 6.57. The minimum atomic E-state index is -0.151. The van der Waals surface area contributed by atoms with Crippen LogP contribution in [0.25, 0.3) is 0 Å². The average Bonchev–Trinajstić information content (AvgIpc) is 3.31. The lowest BCUT2D eigenvalue weighted by Crippen LogP contribution is -2.43. The van der Waals surface area contributed by atoms with E-state index in [-0.39, 0.29) is 17.7 Å². The first-order valence-corrected chi connectivity index (χ1v) is 10.0. The molecule has 2 aliphatic rings. The standard InChI is InChI=1S/C17H19N3O2S2/c21-15(19-17-18-12-5-1-6-13(12)24-17)11-4-2-8-20(10-11)16(22)14-7-3-9-23-14/h3,7,9,11H,1-2,4-6,8,10H2,(H,18,19,21)/t11-/m1/s1. The minimum Gasteiger partial charge on any atom is -0.337 e. The Bertz CT molecular complexity index is 732. The van der Waals surface area contributed by atoms with Crippen molar-refractivity contribution < 1.29 is 9.59 Å². The van der Waals surface area contributed by atoms with E-state index in [4.69, 9.17) is 0 Å². The molecule has 1 fully saturated rings. The summed E-state index contributed by atoms with van der Waals surface area (Å²) < 4.78 is 0. The van der Waals surface area contributed by atoms with Crippen molar-refractivity contribution in [1.82, 2.24) is 9.88 Å². The van der Waals surface area contributed by atoms with Crippen LogP contribution in [0.15, 0.2) is 17.5 Å². The van der Waals surface area contributed by atoms with Crippen LogP contribution >= 0.6 is 22.7 Å². The normalized spacial score (nSPS) is 20.0. The zero-order valence-corrected chi connectivity index (χ0v) is 14.9. The maximum Gasteiger partial charge on any atom is 0.263 e. The fourth-order valence-electron chi connectivity index (χ4n) is 3.38. The highest BCUT2D eigenvalue weighted by Crippen LogP contribution is 2.31. The second-order valence-electron chi connectivity index (χ2n) is 6.30. The molecule has 1 N–H and O–H groups in total. The number of nitrogens with one attached hydrogen (secondary N) is 1. The number of thiophene rings is 1. The summed E-state index contributed by atoms with van der Waals surface area (Å²) >= 11 is 3.05. The van der Waals surface area contributed by atoms with Crippen molar-refractivity contribution in [2.75, 3.05) is 18.4 Å². The number of aryl methyl sites for hydroxylation is 2. The van der Waals surface area contributed by atoms with Crippen molar-refractivity contribution in [3.63, 3.8) is 0 Å². The fourth-order valence-corrected chi connectivity index (χ4v) is 5.13. The van der Waals surface area contributed by atoms with Gasteiger partial charge >= 0.3 is 0 Å². The Kier molecular flexibility index (Phi) is 4.37. The molecule has 2 amide bonds. The smallest absolute Gasteiger partial charge is 0.263 e. The van der Waals surface area contributed by atoms with E-state index in [0.717, 1.165) is 42.8 Å². The quantitative estimate of drug-likeness (QED) is 0.913. The van der Waals surface area contributed by atoms with Crippen molar-refractivity contribution >= 4 is 39.6 Å². The third-order valence-electron chi connectivity index (χ3n) is 4.64. The number of carbonyl (C=O) groups excluding carboxylic acids is 2. The number of rotatable bonds is 3. The molecule has 0 unspecified atom stereocenters. The lowest BCUT2D eigenvalue weighted by Gasteiger charge is -2.31. The highest BCUT2D eigenvalue weighted by atomic mass is 32.1. The topological polar surface area (TPSA) is 62.3 Å². The molecule has 0 radical (unpaired) electrons. The summed E-state index contributed by atoms with van der Waals surface area (Å²) in [6.45, 7) is 1.22. The molecule has 0 saturated carbocycles. The maximum atomic E-state index is 12.6. The van der Waals surface area contributed by atoms with Crippen LogP contribution in [0.5, 0.6) is 0 Å². The maximum absolute atomic E-state index is 12.6. The zero-order valence-electron chi connectivity index (χ0n) is 13.3. The summed E-state index contributed by atoms with van der Waals surface area (Å²) in [5.74, 6) is -0.122. The van der Waals surface area contributed by atoms with E-state index in [1.165, 1.54) is 22.6 Å². The van der Waals surface area contributed by atoms with Gasteiger partial charge in [0.25, 0.3) is 5.91 Å². The van der Waals surface area contributed by atoms with Crippen LogP contribution in [-0.2, 0) is 17.6 Å². The molecule has 4 rings (SSSR count). The second kappa shape index (κ2) is 6.64. The summed E-state index contributed by atoms with van der Waals surface area (Å²) in [6, 6.07) is 3.72. The first-order chi connectivity index (χ1) is 11.7. The zero-order chi connectivity index (χ0) is 16.5. The van der Waals surface area contributed by atoms with Crippen molar-refractivity contribution in [1.29, 1.82) is 0 Å². The van der Waals surface area contributed by atoms with Gasteiger partial charge in [0.05, 0.1) is 16.5 Å². The van der Waals surface area contributed by atoms with Gasteiger partial charge in [-0.25, -0.2) is 4.98 Å². The number of likely N-dealkylation sites (tertiary alicyclic amines) is 1. The molecule has 2 aromatic rings. The molecule has 1 aliphatic carbocycles. The van der Waals surface area contributed by atoms with Crippen LogP contribution < -0.4 is 5.32 Å². The minimum absolute atomic E-state index is 0.00824. The van der Waals surface area contributed by atoms with Gasteiger partial charge in [-0.3, -0.25) is 9.59 Å². The van der Waals surface area contributed by atoms with Gasteiger partial charge in [0, 0.05) is 18.0 Å². The number of fused-ring (bicyclic) bond motifs is 1. The molecule has 1 saturated heterocycles. The Hall–Kier alpha value is -1.73. The van der Waals surface area contributed by atoms with Crippen molar-refractivity contribution in [2.45, 2.75) is 32.1 Å². The number of thiazole rings is 1. The van der Waals surface area contributed by atoms with E-state index in [1.54, 1.807) is 16.2 Å². The number of hydrogen-bond acceptors (Lipinski definition) is 5. The summed E-state index contributed by atoms with van der Waals surface area (Å²) in [5, 5.41) is 5.59. The predicted molar refractivity (Wildman–Crippen MR) is 95.7 cm³/mol. The van der Waals surface area contributed by atoms with Gasteiger partial charge in [0.15, 0.2) is 5.13 Å². The van der Waals surface area contributed by atoms with Crippen molar-refractivity contribution in [3.8, 4) is 0 Å². The molecule has 2 aromatic heterocycles. The van der Waals surface area contributed by atoms with E-state index in [2.05, 4.69) is 10.3 Å². The predicted octanol–water partition coefficient (Wildman–Crippen LogP) is 3.18. The third kappa shape index (κ3) is 3.10. The largest absolute Gasteiger partial charge is 0.337 e. The van der Waals surface area contributed by atoms with Crippen LogP contribution in [0.4, 0.5) is 5.13 Å². The number of amides is 2.